The van der Waals surface area contributed by atoms with Gasteiger partial charge < -0.3 is 9.47 Å². The van der Waals surface area contributed by atoms with Gasteiger partial charge in [0.15, 0.2) is 0 Å². The van der Waals surface area contributed by atoms with E-state index in [1.165, 1.54) is 24.2 Å². The number of allylic oxidation sites excluding steroid dienone is 1. The van der Waals surface area contributed by atoms with Crippen LogP contribution in [0.1, 0.15) is 31.7 Å². The Bertz CT molecular complexity index is 424. The van der Waals surface area contributed by atoms with Gasteiger partial charge in [-0.2, -0.15) is 0 Å². The quantitative estimate of drug-likeness (QED) is 0.790. The van der Waals surface area contributed by atoms with Gasteiger partial charge in [0.2, 0.25) is 6.29 Å². The maximum absolute atomic E-state index is 6.00. The predicted molar refractivity (Wildman–Crippen MR) is 71.0 cm³/mol. The molecule has 0 aromatic heterocycles. The Morgan fingerprint density at radius 1 is 1.22 bits per heavy atom. The van der Waals surface area contributed by atoms with Crippen LogP contribution in [0.4, 0.5) is 0 Å². The Morgan fingerprint density at radius 3 is 2.89 bits per heavy atom. The molecule has 0 radical (unpaired) electrons. The lowest BCUT2D eigenvalue weighted by atomic mass is 9.89. The predicted octanol–water partition coefficient (Wildman–Crippen LogP) is 3.67. The van der Waals surface area contributed by atoms with Gasteiger partial charge in [0.05, 0.1) is 6.10 Å². The van der Waals surface area contributed by atoms with Gasteiger partial charge in [-0.05, 0) is 37.8 Å². The summed E-state index contributed by atoms with van der Waals surface area (Å²) < 4.78 is 12.0. The second-order valence-corrected chi connectivity index (χ2v) is 5.22. The van der Waals surface area contributed by atoms with Gasteiger partial charge >= 0.3 is 0 Å². The molecule has 1 aliphatic carbocycles. The third kappa shape index (κ3) is 2.44. The van der Waals surface area contributed by atoms with Gasteiger partial charge in [-0.15, -0.1) is 0 Å². The largest absolute Gasteiger partial charge is 0.469 e. The van der Waals surface area contributed by atoms with E-state index < -0.39 is 0 Å². The zero-order valence-corrected chi connectivity index (χ0v) is 10.8. The van der Waals surface area contributed by atoms with Crippen LogP contribution in [-0.2, 0) is 15.9 Å². The summed E-state index contributed by atoms with van der Waals surface area (Å²) in [4.78, 5) is 0. The van der Waals surface area contributed by atoms with Crippen molar-refractivity contribution in [3.05, 3.63) is 47.7 Å². The van der Waals surface area contributed by atoms with Gasteiger partial charge in [0, 0.05) is 12.3 Å². The van der Waals surface area contributed by atoms with E-state index in [1.54, 1.807) is 0 Å². The van der Waals surface area contributed by atoms with Crippen molar-refractivity contribution in [2.75, 3.05) is 0 Å². The zero-order chi connectivity index (χ0) is 12.4. The van der Waals surface area contributed by atoms with Crippen molar-refractivity contribution < 1.29 is 9.47 Å². The Hall–Kier alpha value is -1.28. The molecule has 0 N–H and O–H groups in total. The molecule has 96 valence electrons. The smallest absolute Gasteiger partial charge is 0.203 e. The van der Waals surface area contributed by atoms with Crippen molar-refractivity contribution in [2.45, 2.75) is 45.0 Å². The highest BCUT2D eigenvalue weighted by molar-refractivity contribution is 5.16. The van der Waals surface area contributed by atoms with Crippen molar-refractivity contribution in [3.8, 4) is 0 Å². The molecule has 3 unspecified atom stereocenters. The first-order valence-corrected chi connectivity index (χ1v) is 6.89. The van der Waals surface area contributed by atoms with Crippen molar-refractivity contribution in [3.63, 3.8) is 0 Å². The lowest BCUT2D eigenvalue weighted by Gasteiger charge is -2.39. The number of hydrogen-bond donors (Lipinski definition) is 0. The Labute approximate surface area is 109 Å². The summed E-state index contributed by atoms with van der Waals surface area (Å²) in [7, 11) is 0. The molecule has 1 aromatic rings. The van der Waals surface area contributed by atoms with Gasteiger partial charge in [0.1, 0.15) is 5.76 Å². The summed E-state index contributed by atoms with van der Waals surface area (Å²) in [5, 5.41) is 0. The van der Waals surface area contributed by atoms with E-state index in [0.717, 1.165) is 12.8 Å². The molecule has 1 saturated heterocycles. The fourth-order valence-electron chi connectivity index (χ4n) is 2.89. The maximum atomic E-state index is 6.00. The molecule has 0 bridgehead atoms. The van der Waals surface area contributed by atoms with Crippen LogP contribution in [0.5, 0.6) is 0 Å². The van der Waals surface area contributed by atoms with Crippen molar-refractivity contribution in [1.29, 1.82) is 0 Å². The molecule has 1 heterocycles. The monoisotopic (exact) mass is 244 g/mol. The fraction of sp³-hybridized carbons (Fsp3) is 0.500. The third-order valence-corrected chi connectivity index (χ3v) is 3.88. The van der Waals surface area contributed by atoms with Crippen LogP contribution in [0.3, 0.4) is 0 Å². The Morgan fingerprint density at radius 2 is 2.06 bits per heavy atom. The minimum Gasteiger partial charge on any atom is -0.469 e. The SMILES string of the molecule is CC1OC(Cc2ccccc2)OC2=CCCCC21. The third-order valence-electron chi connectivity index (χ3n) is 3.88. The standard InChI is InChI=1S/C16H20O2/c1-12-14-9-5-6-10-15(14)18-16(17-12)11-13-7-3-2-4-8-13/h2-4,7-8,10,12,14,16H,5-6,9,11H2,1H3. The van der Waals surface area contributed by atoms with E-state index in [2.05, 4.69) is 37.3 Å². The van der Waals surface area contributed by atoms with Crippen LogP contribution >= 0.6 is 0 Å². The van der Waals surface area contributed by atoms with Gasteiger partial charge in [0.25, 0.3) is 0 Å². The molecule has 2 aliphatic rings. The average Bonchev–Trinajstić information content (AvgIpc) is 2.40. The lowest BCUT2D eigenvalue weighted by molar-refractivity contribution is -0.201. The van der Waals surface area contributed by atoms with Crippen molar-refractivity contribution in [2.24, 2.45) is 5.92 Å². The molecule has 1 fully saturated rings. The van der Waals surface area contributed by atoms with Crippen LogP contribution in [0.25, 0.3) is 0 Å². The molecule has 0 amide bonds. The minimum atomic E-state index is -0.122. The van der Waals surface area contributed by atoms with E-state index >= 15 is 0 Å². The summed E-state index contributed by atoms with van der Waals surface area (Å²) in [6, 6.07) is 10.4. The molecule has 2 heteroatoms. The number of fused-ring (bicyclic) bond motifs is 1. The van der Waals surface area contributed by atoms with Gasteiger partial charge in [-0.3, -0.25) is 0 Å². The van der Waals surface area contributed by atoms with E-state index in [1.807, 2.05) is 6.07 Å². The van der Waals surface area contributed by atoms with Crippen LogP contribution in [-0.4, -0.2) is 12.4 Å². The number of hydrogen-bond acceptors (Lipinski definition) is 2. The summed E-state index contributed by atoms with van der Waals surface area (Å²) in [5.74, 6) is 1.65. The van der Waals surface area contributed by atoms with E-state index in [0.29, 0.717) is 5.92 Å². The van der Waals surface area contributed by atoms with E-state index in [9.17, 15) is 0 Å². The van der Waals surface area contributed by atoms with Crippen LogP contribution in [0, 0.1) is 5.92 Å². The molecule has 0 spiro atoms. The summed E-state index contributed by atoms with van der Waals surface area (Å²) in [6.07, 6.45) is 6.85. The highest BCUT2D eigenvalue weighted by Crippen LogP contribution is 2.35. The van der Waals surface area contributed by atoms with E-state index in [4.69, 9.17) is 9.47 Å². The second kappa shape index (κ2) is 5.15. The fourth-order valence-corrected chi connectivity index (χ4v) is 2.89. The molecule has 18 heavy (non-hydrogen) atoms. The molecule has 0 saturated carbocycles. The average molecular weight is 244 g/mol. The summed E-state index contributed by atoms with van der Waals surface area (Å²) in [6.45, 7) is 2.17. The zero-order valence-electron chi connectivity index (χ0n) is 10.8. The minimum absolute atomic E-state index is 0.122. The summed E-state index contributed by atoms with van der Waals surface area (Å²) >= 11 is 0. The number of ether oxygens (including phenoxy) is 2. The van der Waals surface area contributed by atoms with Gasteiger partial charge in [-0.25, -0.2) is 0 Å². The highest BCUT2D eigenvalue weighted by atomic mass is 16.7. The number of benzene rings is 1. The van der Waals surface area contributed by atoms with Crippen LogP contribution in [0.15, 0.2) is 42.2 Å². The molecular weight excluding hydrogens is 224 g/mol. The van der Waals surface area contributed by atoms with E-state index in [-0.39, 0.29) is 12.4 Å². The Balaban J connectivity index is 1.70. The topological polar surface area (TPSA) is 18.5 Å². The van der Waals surface area contributed by atoms with Crippen LogP contribution in [0.2, 0.25) is 0 Å². The number of rotatable bonds is 2. The molecule has 1 aromatic carbocycles. The molecular formula is C16H20O2. The highest BCUT2D eigenvalue weighted by Gasteiger charge is 2.34. The molecule has 3 atom stereocenters. The second-order valence-electron chi connectivity index (χ2n) is 5.22. The normalized spacial score (nSPS) is 31.2. The maximum Gasteiger partial charge on any atom is 0.203 e. The molecule has 1 aliphatic heterocycles. The van der Waals surface area contributed by atoms with Crippen LogP contribution < -0.4 is 0 Å². The van der Waals surface area contributed by atoms with Gasteiger partial charge in [-0.1, -0.05) is 30.3 Å². The molecule has 2 nitrogen and oxygen atoms in total. The van der Waals surface area contributed by atoms with Crippen molar-refractivity contribution in [1.82, 2.24) is 0 Å². The first-order chi connectivity index (χ1) is 8.83. The molecule has 3 rings (SSSR count). The first-order valence-electron chi connectivity index (χ1n) is 6.89. The first kappa shape index (κ1) is 11.8. The van der Waals surface area contributed by atoms with Crippen molar-refractivity contribution >= 4 is 0 Å². The lowest BCUT2D eigenvalue weighted by Crippen LogP contribution is -2.38. The summed E-state index contributed by atoms with van der Waals surface area (Å²) in [5.41, 5.74) is 1.27. The Kier molecular flexibility index (Phi) is 3.37.